The lowest BCUT2D eigenvalue weighted by molar-refractivity contribution is -0.870. The van der Waals surface area contributed by atoms with E-state index in [4.69, 9.17) is 13.8 Å². The number of nitrogens with zero attached hydrogens (tertiary/aromatic N) is 1. The summed E-state index contributed by atoms with van der Waals surface area (Å²) in [7, 11) is 1.18. The van der Waals surface area contributed by atoms with E-state index in [1.54, 1.807) is 0 Å². The molecule has 10 heteroatoms. The predicted molar refractivity (Wildman–Crippen MR) is 358 cm³/mol. The molecule has 0 fully saturated rings. The number of quaternary nitrogens is 1. The summed E-state index contributed by atoms with van der Waals surface area (Å²) >= 11 is 0. The number of esters is 1. The highest BCUT2D eigenvalue weighted by Gasteiger charge is 2.27. The Bertz CT molecular complexity index is 1650. The van der Waals surface area contributed by atoms with Crippen LogP contribution in [0.5, 0.6) is 0 Å². The lowest BCUT2D eigenvalue weighted by Crippen LogP contribution is -2.47. The first-order valence-electron chi connectivity index (χ1n) is 35.2. The van der Waals surface area contributed by atoms with Crippen molar-refractivity contribution in [3.05, 3.63) is 72.9 Å². The largest absolute Gasteiger partial charge is 0.756 e. The quantitative estimate of drug-likeness (QED) is 0.0212. The number of carbonyl (C=O) groups is 2. The van der Waals surface area contributed by atoms with Gasteiger partial charge in [0.1, 0.15) is 19.3 Å². The van der Waals surface area contributed by atoms with Gasteiger partial charge in [-0.15, -0.1) is 0 Å². The molecule has 83 heavy (non-hydrogen) atoms. The van der Waals surface area contributed by atoms with E-state index in [0.717, 1.165) is 83.5 Å². The van der Waals surface area contributed by atoms with Crippen molar-refractivity contribution in [1.82, 2.24) is 5.32 Å². The van der Waals surface area contributed by atoms with Gasteiger partial charge >= 0.3 is 5.97 Å². The molecule has 0 aromatic rings. The van der Waals surface area contributed by atoms with Gasteiger partial charge in [-0.1, -0.05) is 287 Å². The fourth-order valence-electron chi connectivity index (χ4n) is 10.1. The topological polar surface area (TPSA) is 114 Å². The van der Waals surface area contributed by atoms with Crippen molar-refractivity contribution in [2.75, 3.05) is 40.9 Å². The van der Waals surface area contributed by atoms with Gasteiger partial charge in [-0.05, 0) is 102 Å². The summed E-state index contributed by atoms with van der Waals surface area (Å²) in [6, 6.07) is -0.897. The van der Waals surface area contributed by atoms with Crippen LogP contribution in [0.3, 0.4) is 0 Å². The molecule has 0 radical (unpaired) electrons. The molecular weight excluding hydrogens is 1050 g/mol. The van der Waals surface area contributed by atoms with Gasteiger partial charge < -0.3 is 28.5 Å². The van der Waals surface area contributed by atoms with E-state index in [1.807, 2.05) is 33.3 Å². The number of phosphoric ester groups is 1. The molecule has 484 valence electrons. The van der Waals surface area contributed by atoms with Crippen LogP contribution in [0, 0.1) is 0 Å². The number of hydrogen-bond acceptors (Lipinski definition) is 7. The number of nitrogens with one attached hydrogen (secondary N) is 1. The molecule has 0 aliphatic heterocycles. The Kier molecular flexibility index (Phi) is 60.6. The van der Waals surface area contributed by atoms with E-state index in [2.05, 4.69) is 86.8 Å². The fraction of sp³-hybridized carbons (Fsp3) is 0.808. The Morgan fingerprint density at radius 3 is 1.12 bits per heavy atom. The second-order valence-corrected chi connectivity index (χ2v) is 26.4. The molecule has 0 rings (SSSR count). The highest BCUT2D eigenvalue weighted by Crippen LogP contribution is 2.38. The van der Waals surface area contributed by atoms with Gasteiger partial charge in [0.15, 0.2) is 0 Å². The molecule has 0 aromatic carbocycles. The van der Waals surface area contributed by atoms with Crippen LogP contribution in [0.4, 0.5) is 0 Å². The molecule has 0 bridgehead atoms. The Morgan fingerprint density at radius 1 is 0.422 bits per heavy atom. The summed E-state index contributed by atoms with van der Waals surface area (Å²) in [5.41, 5.74) is 0. The molecule has 9 nitrogen and oxygen atoms in total. The van der Waals surface area contributed by atoms with Crippen LogP contribution >= 0.6 is 7.82 Å². The summed E-state index contributed by atoms with van der Waals surface area (Å²) in [5.74, 6) is -0.546. The fourth-order valence-corrected chi connectivity index (χ4v) is 10.9. The standard InChI is InChI=1S/C73H135N2O7P/c1-7-10-13-16-19-22-25-28-30-32-34-35-36-37-38-39-41-42-44-47-50-53-56-59-62-65-72(76)74-70(69-81-83(78,79)80-68-67-75(4,5)6)71(64-61-58-55-52-49-46-27-24-21-18-15-12-9-3)82-73(77)66-63-60-57-54-51-48-45-43-40-33-31-29-26-23-20-17-14-11-8-2/h19-20,22-23,28-31,40,43,61,64,70-71H,7-18,21,24-27,32-39,41-42,44-60,62-63,65-69H2,1-6H3,(H-,74,76,78,79)/b22-19-,23-20-,30-28-,31-29-,43-40-,64-61-. The second-order valence-electron chi connectivity index (χ2n) is 25.0. The Balaban J connectivity index is 5.11. The lowest BCUT2D eigenvalue weighted by Gasteiger charge is -2.30. The normalized spacial score (nSPS) is 14.0. The number of rotatable bonds is 64. The summed E-state index contributed by atoms with van der Waals surface area (Å²) in [6.45, 7) is 6.82. The maximum Gasteiger partial charge on any atom is 0.306 e. The zero-order valence-electron chi connectivity index (χ0n) is 55.4. The Labute approximate surface area is 514 Å². The Hall–Kier alpha value is -2.55. The van der Waals surface area contributed by atoms with Crippen molar-refractivity contribution >= 4 is 19.7 Å². The van der Waals surface area contributed by atoms with E-state index >= 15 is 0 Å². The first-order chi connectivity index (χ1) is 40.4. The maximum atomic E-state index is 13.6. The second kappa shape index (κ2) is 62.5. The third-order valence-electron chi connectivity index (χ3n) is 15.6. The molecule has 0 spiro atoms. The molecule has 0 aromatic heterocycles. The summed E-state index contributed by atoms with van der Waals surface area (Å²) in [4.78, 5) is 40.2. The summed E-state index contributed by atoms with van der Waals surface area (Å²) < 4.78 is 30.4. The van der Waals surface area contributed by atoms with Gasteiger partial charge in [0.2, 0.25) is 5.91 Å². The highest BCUT2D eigenvalue weighted by molar-refractivity contribution is 7.45. The number of amides is 1. The number of phosphoric acid groups is 1. The van der Waals surface area contributed by atoms with Crippen molar-refractivity contribution in [1.29, 1.82) is 0 Å². The van der Waals surface area contributed by atoms with E-state index in [1.165, 1.54) is 205 Å². The Morgan fingerprint density at radius 2 is 0.735 bits per heavy atom. The van der Waals surface area contributed by atoms with Gasteiger partial charge in [0, 0.05) is 12.8 Å². The molecule has 0 saturated carbocycles. The zero-order chi connectivity index (χ0) is 60.7. The minimum Gasteiger partial charge on any atom is -0.756 e. The number of ether oxygens (including phenoxy) is 1. The monoisotopic (exact) mass is 1180 g/mol. The summed E-state index contributed by atoms with van der Waals surface area (Å²) in [5, 5.41) is 3.04. The molecular formula is C73H135N2O7P. The molecule has 3 unspecified atom stereocenters. The van der Waals surface area contributed by atoms with Crippen molar-refractivity contribution in [2.24, 2.45) is 0 Å². The van der Waals surface area contributed by atoms with Gasteiger partial charge in [-0.25, -0.2) is 0 Å². The molecule has 0 aliphatic rings. The van der Waals surface area contributed by atoms with Gasteiger partial charge in [0.25, 0.3) is 7.82 Å². The summed E-state index contributed by atoms with van der Waals surface area (Å²) in [6.07, 6.45) is 81.6. The van der Waals surface area contributed by atoms with Crippen LogP contribution in [0.25, 0.3) is 0 Å². The lowest BCUT2D eigenvalue weighted by atomic mass is 10.0. The predicted octanol–water partition coefficient (Wildman–Crippen LogP) is 21.7. The molecule has 0 saturated heterocycles. The third kappa shape index (κ3) is 63.8. The number of hydrogen-bond donors (Lipinski definition) is 1. The van der Waals surface area contributed by atoms with E-state index < -0.39 is 26.6 Å². The molecule has 1 N–H and O–H groups in total. The van der Waals surface area contributed by atoms with E-state index in [-0.39, 0.29) is 24.9 Å². The first kappa shape index (κ1) is 80.5. The molecule has 0 heterocycles. The van der Waals surface area contributed by atoms with Crippen LogP contribution in [-0.4, -0.2) is 69.4 Å². The van der Waals surface area contributed by atoms with E-state index in [9.17, 15) is 19.0 Å². The van der Waals surface area contributed by atoms with Crippen molar-refractivity contribution in [2.45, 2.75) is 341 Å². The van der Waals surface area contributed by atoms with Gasteiger partial charge in [-0.3, -0.25) is 14.2 Å². The minimum absolute atomic E-state index is 0.0256. The van der Waals surface area contributed by atoms with E-state index in [0.29, 0.717) is 23.9 Å². The molecule has 1 amide bonds. The minimum atomic E-state index is -4.71. The van der Waals surface area contributed by atoms with Crippen LogP contribution in [0.15, 0.2) is 72.9 Å². The smallest absolute Gasteiger partial charge is 0.306 e. The van der Waals surface area contributed by atoms with Gasteiger partial charge in [0.05, 0.1) is 33.8 Å². The maximum absolute atomic E-state index is 13.6. The van der Waals surface area contributed by atoms with Crippen LogP contribution in [0.2, 0.25) is 0 Å². The highest BCUT2D eigenvalue weighted by atomic mass is 31.2. The van der Waals surface area contributed by atoms with Crippen LogP contribution in [0.1, 0.15) is 329 Å². The van der Waals surface area contributed by atoms with Crippen LogP contribution < -0.4 is 10.2 Å². The SMILES string of the molecule is CCCCC/C=C\C/C=C\C/C=C\CCCCCCCCC(=O)OC(/C=C\CCCCCCCCCCCCC)C(COP(=O)([O-])OCC[N+](C)(C)C)NC(=O)CCCCCCCCCCCCCCCCC/C=C\C/C=C\CCCCC. The van der Waals surface area contributed by atoms with Crippen molar-refractivity contribution < 1.29 is 37.3 Å². The van der Waals surface area contributed by atoms with Crippen molar-refractivity contribution in [3.63, 3.8) is 0 Å². The number of unbranched alkanes of at least 4 members (excludes halogenated alkanes) is 38. The third-order valence-corrected chi connectivity index (χ3v) is 16.6. The van der Waals surface area contributed by atoms with Crippen molar-refractivity contribution in [3.8, 4) is 0 Å². The number of carbonyl (C=O) groups excluding carboxylic acids is 2. The average molecular weight is 1180 g/mol. The average Bonchev–Trinajstić information content (AvgIpc) is 3.46. The molecule has 0 aliphatic carbocycles. The number of allylic oxidation sites excluding steroid dienone is 11. The van der Waals surface area contributed by atoms with Crippen LogP contribution in [-0.2, 0) is 27.9 Å². The van der Waals surface area contributed by atoms with Gasteiger partial charge in [-0.2, -0.15) is 0 Å². The first-order valence-corrected chi connectivity index (χ1v) is 36.7. The zero-order valence-corrected chi connectivity index (χ0v) is 56.3. The number of likely N-dealkylation sites (N-methyl/N-ethyl adjacent to an activating group) is 1. The molecule has 3 atom stereocenters.